The van der Waals surface area contributed by atoms with E-state index in [1.165, 1.54) is 44.1 Å². The maximum atomic E-state index is 5.12. The lowest BCUT2D eigenvalue weighted by Gasteiger charge is -2.11. The van der Waals surface area contributed by atoms with Crippen molar-refractivity contribution in [2.24, 2.45) is 9.98 Å². The van der Waals surface area contributed by atoms with Gasteiger partial charge in [-0.2, -0.15) is 0 Å². The maximum Gasteiger partial charge on any atom is 0.0716 e. The second-order valence-corrected chi connectivity index (χ2v) is 13.9. The molecule has 0 spiro atoms. The second kappa shape index (κ2) is 15.5. The van der Waals surface area contributed by atoms with Crippen LogP contribution in [0, 0.1) is 0 Å². The molecule has 9 rings (SSSR count). The van der Waals surface area contributed by atoms with Gasteiger partial charge in [-0.3, -0.25) is 9.98 Å². The van der Waals surface area contributed by atoms with Gasteiger partial charge in [-0.15, -0.1) is 0 Å². The third-order valence-corrected chi connectivity index (χ3v) is 10.4. The fourth-order valence-corrected chi connectivity index (χ4v) is 7.52. The Hall–Kier alpha value is -7.36. The monoisotopic (exact) mass is 717 g/mol. The molecule has 56 heavy (non-hydrogen) atoms. The first-order valence-corrected chi connectivity index (χ1v) is 18.9. The van der Waals surface area contributed by atoms with Crippen LogP contribution in [0.3, 0.4) is 0 Å². The summed E-state index contributed by atoms with van der Waals surface area (Å²) in [6, 6.07) is 72.9. The highest BCUT2D eigenvalue weighted by atomic mass is 15.0. The van der Waals surface area contributed by atoms with E-state index in [0.29, 0.717) is 6.54 Å². The van der Waals surface area contributed by atoms with Gasteiger partial charge in [0.25, 0.3) is 0 Å². The van der Waals surface area contributed by atoms with Crippen molar-refractivity contribution >= 4 is 39.9 Å². The van der Waals surface area contributed by atoms with Gasteiger partial charge < -0.3 is 4.57 Å². The van der Waals surface area contributed by atoms with Gasteiger partial charge in [0.2, 0.25) is 0 Å². The Balaban J connectivity index is 1.11. The number of rotatable bonds is 10. The number of fused-ring (bicyclic) bond motifs is 3. The molecule has 0 aliphatic carbocycles. The van der Waals surface area contributed by atoms with Crippen LogP contribution in [0.4, 0.5) is 0 Å². The van der Waals surface area contributed by atoms with E-state index < -0.39 is 0 Å². The summed E-state index contributed by atoms with van der Waals surface area (Å²) in [7, 11) is 0. The van der Waals surface area contributed by atoms with E-state index in [0.717, 1.165) is 44.9 Å². The van der Waals surface area contributed by atoms with Crippen molar-refractivity contribution in [3.63, 3.8) is 0 Å². The predicted octanol–water partition coefficient (Wildman–Crippen LogP) is 13.5. The topological polar surface area (TPSA) is 29.6 Å². The minimum atomic E-state index is 0.559. The average Bonchev–Trinajstić information content (AvgIpc) is 3.61. The molecule has 0 amide bonds. The molecule has 0 bridgehead atoms. The molecular weight excluding hydrogens is 679 g/mol. The molecule has 0 aliphatic heterocycles. The quantitative estimate of drug-likeness (QED) is 0.126. The fourth-order valence-electron chi connectivity index (χ4n) is 7.52. The number of hydrogen-bond acceptors (Lipinski definition) is 2. The van der Waals surface area contributed by atoms with Crippen molar-refractivity contribution in [3.8, 4) is 39.1 Å². The van der Waals surface area contributed by atoms with Gasteiger partial charge in [0.05, 0.1) is 29.0 Å². The van der Waals surface area contributed by atoms with E-state index in [2.05, 4.69) is 198 Å². The zero-order valence-corrected chi connectivity index (χ0v) is 31.0. The summed E-state index contributed by atoms with van der Waals surface area (Å²) in [5.41, 5.74) is 15.4. The van der Waals surface area contributed by atoms with Crippen molar-refractivity contribution in [1.82, 2.24) is 4.57 Å². The Morgan fingerprint density at radius 3 is 1.48 bits per heavy atom. The lowest BCUT2D eigenvalue weighted by atomic mass is 9.99. The number of hydrogen-bond donors (Lipinski definition) is 0. The lowest BCUT2D eigenvalue weighted by Crippen LogP contribution is -2.00. The van der Waals surface area contributed by atoms with Crippen LogP contribution in [-0.4, -0.2) is 17.0 Å². The van der Waals surface area contributed by atoms with Crippen molar-refractivity contribution in [2.75, 3.05) is 0 Å². The van der Waals surface area contributed by atoms with Crippen LogP contribution in [0.5, 0.6) is 0 Å². The Bertz CT molecular complexity index is 2750. The van der Waals surface area contributed by atoms with Gasteiger partial charge in [0, 0.05) is 27.6 Å². The van der Waals surface area contributed by atoms with Gasteiger partial charge >= 0.3 is 0 Å². The number of allylic oxidation sites excluding steroid dienone is 1. The number of nitrogens with zero attached hydrogens (tertiary/aromatic N) is 3. The van der Waals surface area contributed by atoms with Crippen LogP contribution >= 0.6 is 0 Å². The first kappa shape index (κ1) is 34.4. The minimum Gasteiger partial charge on any atom is -0.309 e. The molecule has 0 saturated carbocycles. The van der Waals surface area contributed by atoms with Gasteiger partial charge in [-0.05, 0) is 94.2 Å². The Kier molecular flexibility index (Phi) is 9.55. The summed E-state index contributed by atoms with van der Waals surface area (Å²) >= 11 is 0. The first-order chi connectivity index (χ1) is 27.7. The molecule has 0 aliphatic rings. The summed E-state index contributed by atoms with van der Waals surface area (Å²) in [6.45, 7) is 4.45. The standard InChI is InChI=1S/C53H39N3/c1-54-50(42-21-12-5-13-22-42)36-51(55-37-38-15-6-2-7-16-38)46-24-14-23-43(33-46)41-25-29-47(30-26-41)56-52-31-27-44(39-17-8-3-9-18-39)34-48(52)49-35-45(28-32-53(49)56)40-19-10-4-11-20-40/h2-36H,1,37H2/b50-36-,55-51?. The molecule has 0 N–H and O–H groups in total. The number of benzene rings is 8. The van der Waals surface area contributed by atoms with Gasteiger partial charge in [-0.1, -0.05) is 164 Å². The van der Waals surface area contributed by atoms with Crippen LogP contribution in [0.15, 0.2) is 222 Å². The molecule has 3 heteroatoms. The van der Waals surface area contributed by atoms with Crippen LogP contribution in [0.1, 0.15) is 16.7 Å². The van der Waals surface area contributed by atoms with Crippen molar-refractivity contribution < 1.29 is 0 Å². The Labute approximate surface area is 327 Å². The molecule has 8 aromatic carbocycles. The third-order valence-electron chi connectivity index (χ3n) is 10.4. The molecule has 1 heterocycles. The van der Waals surface area contributed by atoms with Gasteiger partial charge in [0.15, 0.2) is 0 Å². The first-order valence-electron chi connectivity index (χ1n) is 18.9. The largest absolute Gasteiger partial charge is 0.309 e. The third kappa shape index (κ3) is 7.02. The zero-order chi connectivity index (χ0) is 37.7. The molecule has 0 fully saturated rings. The SMILES string of the molecule is C=N/C(=C\C(=NCc1ccccc1)c1cccc(-c2ccc(-n3c4ccc(-c5ccccc5)cc4c4cc(-c5ccccc5)ccc43)cc2)c1)c1ccccc1. The summed E-state index contributed by atoms with van der Waals surface area (Å²) in [5.74, 6) is 0. The molecule has 266 valence electrons. The molecule has 0 saturated heterocycles. The molecule has 0 atom stereocenters. The summed E-state index contributed by atoms with van der Waals surface area (Å²) in [6.07, 6.45) is 2.04. The molecule has 0 unspecified atom stereocenters. The lowest BCUT2D eigenvalue weighted by molar-refractivity contribution is 1.07. The normalized spacial score (nSPS) is 11.9. The predicted molar refractivity (Wildman–Crippen MR) is 238 cm³/mol. The van der Waals surface area contributed by atoms with Gasteiger partial charge in [-0.25, -0.2) is 0 Å². The van der Waals surface area contributed by atoms with E-state index in [4.69, 9.17) is 4.99 Å². The van der Waals surface area contributed by atoms with Gasteiger partial charge in [0.1, 0.15) is 0 Å². The summed E-state index contributed by atoms with van der Waals surface area (Å²) in [5, 5.41) is 2.46. The number of aliphatic imine (C=N–C) groups is 2. The van der Waals surface area contributed by atoms with E-state index in [-0.39, 0.29) is 0 Å². The van der Waals surface area contributed by atoms with E-state index >= 15 is 0 Å². The highest BCUT2D eigenvalue weighted by Gasteiger charge is 2.15. The summed E-state index contributed by atoms with van der Waals surface area (Å²) in [4.78, 5) is 9.52. The molecular formula is C53H39N3. The molecule has 9 aromatic rings. The summed E-state index contributed by atoms with van der Waals surface area (Å²) < 4.78 is 2.39. The highest BCUT2D eigenvalue weighted by Crippen LogP contribution is 2.37. The molecule has 3 nitrogen and oxygen atoms in total. The zero-order valence-electron chi connectivity index (χ0n) is 31.0. The smallest absolute Gasteiger partial charge is 0.0716 e. The number of aromatic nitrogens is 1. The highest BCUT2D eigenvalue weighted by molar-refractivity contribution is 6.13. The maximum absolute atomic E-state index is 5.12. The minimum absolute atomic E-state index is 0.559. The van der Waals surface area contributed by atoms with Crippen LogP contribution in [0.2, 0.25) is 0 Å². The van der Waals surface area contributed by atoms with Crippen LogP contribution in [0.25, 0.3) is 66.6 Å². The Morgan fingerprint density at radius 1 is 0.446 bits per heavy atom. The van der Waals surface area contributed by atoms with E-state index in [9.17, 15) is 0 Å². The van der Waals surface area contributed by atoms with Crippen LogP contribution < -0.4 is 0 Å². The average molecular weight is 718 g/mol. The van der Waals surface area contributed by atoms with Crippen molar-refractivity contribution in [3.05, 3.63) is 229 Å². The fraction of sp³-hybridized carbons (Fsp3) is 0.0189. The van der Waals surface area contributed by atoms with Crippen LogP contribution in [-0.2, 0) is 6.54 Å². The van der Waals surface area contributed by atoms with E-state index in [1.54, 1.807) is 0 Å². The van der Waals surface area contributed by atoms with Crippen molar-refractivity contribution in [2.45, 2.75) is 6.54 Å². The Morgan fingerprint density at radius 2 is 0.911 bits per heavy atom. The molecule has 1 aromatic heterocycles. The van der Waals surface area contributed by atoms with Crippen molar-refractivity contribution in [1.29, 1.82) is 0 Å². The second-order valence-electron chi connectivity index (χ2n) is 13.9. The molecule has 0 radical (unpaired) electrons. The van der Waals surface area contributed by atoms with E-state index in [1.807, 2.05) is 30.3 Å².